The predicted molar refractivity (Wildman–Crippen MR) is 134 cm³/mol. The second kappa shape index (κ2) is 9.56. The van der Waals surface area contributed by atoms with Gasteiger partial charge in [0.05, 0.1) is 11.9 Å². The second-order valence-corrected chi connectivity index (χ2v) is 9.48. The third-order valence-corrected chi connectivity index (χ3v) is 7.68. The first kappa shape index (κ1) is 22.7. The number of nitrogens with zero attached hydrogens (tertiary/aromatic N) is 4. The number of nitrogens with one attached hydrogen (secondary N) is 1. The molecule has 1 N–H and O–H groups in total. The number of hydrazone groups is 1. The Labute approximate surface area is 194 Å². The highest BCUT2D eigenvalue weighted by molar-refractivity contribution is 7.89. The summed E-state index contributed by atoms with van der Waals surface area (Å²) in [5, 5.41) is 5.51. The van der Waals surface area contributed by atoms with E-state index >= 15 is 0 Å². The van der Waals surface area contributed by atoms with E-state index in [1.54, 1.807) is 18.3 Å². The molecule has 0 unspecified atom stereocenters. The molecule has 0 atom stereocenters. The Morgan fingerprint density at radius 1 is 1.00 bits per heavy atom. The highest BCUT2D eigenvalue weighted by Crippen LogP contribution is 2.31. The zero-order valence-electron chi connectivity index (χ0n) is 18.9. The molecule has 0 spiro atoms. The van der Waals surface area contributed by atoms with Crippen LogP contribution in [-0.2, 0) is 17.1 Å². The van der Waals surface area contributed by atoms with Crippen molar-refractivity contribution < 1.29 is 8.42 Å². The van der Waals surface area contributed by atoms with Gasteiger partial charge in [-0.2, -0.15) is 9.41 Å². The topological polar surface area (TPSA) is 79.6 Å². The van der Waals surface area contributed by atoms with Crippen molar-refractivity contribution in [1.82, 2.24) is 13.9 Å². The van der Waals surface area contributed by atoms with Crippen LogP contribution in [0.2, 0.25) is 0 Å². The number of para-hydroxylation sites is 1. The number of fused-ring (bicyclic) bond motifs is 1. The molecule has 2 aromatic carbocycles. The monoisotopic (exact) mass is 461 g/mol. The van der Waals surface area contributed by atoms with Crippen LogP contribution >= 0.6 is 0 Å². The normalized spacial score (nSPS) is 12.1. The molecule has 0 aliphatic carbocycles. The zero-order chi connectivity index (χ0) is 23.4. The largest absolute Gasteiger partial charge is 0.343 e. The van der Waals surface area contributed by atoms with Gasteiger partial charge in [0, 0.05) is 42.8 Å². The van der Waals surface area contributed by atoms with Crippen LogP contribution in [-0.4, -0.2) is 41.6 Å². The lowest BCUT2D eigenvalue weighted by Gasteiger charge is -2.18. The Balaban J connectivity index is 1.63. The van der Waals surface area contributed by atoms with Gasteiger partial charge in [0.2, 0.25) is 10.0 Å². The van der Waals surface area contributed by atoms with E-state index in [1.165, 1.54) is 10.5 Å². The fraction of sp³-hybridized carbons (Fsp3) is 0.200. The van der Waals surface area contributed by atoms with Gasteiger partial charge in [-0.3, -0.25) is 5.43 Å². The molecule has 2 heterocycles. The molecule has 0 fully saturated rings. The van der Waals surface area contributed by atoms with Crippen LogP contribution in [0.25, 0.3) is 22.2 Å². The molecule has 2 aromatic heterocycles. The summed E-state index contributed by atoms with van der Waals surface area (Å²) >= 11 is 0. The zero-order valence-corrected chi connectivity index (χ0v) is 19.7. The average molecular weight is 462 g/mol. The maximum absolute atomic E-state index is 12.6. The number of aromatic nitrogens is 2. The van der Waals surface area contributed by atoms with Crippen LogP contribution in [0.15, 0.2) is 82.9 Å². The van der Waals surface area contributed by atoms with Gasteiger partial charge < -0.3 is 4.57 Å². The lowest BCUT2D eigenvalue weighted by atomic mass is 10.1. The second-order valence-electron chi connectivity index (χ2n) is 7.54. The fourth-order valence-corrected chi connectivity index (χ4v) is 5.38. The van der Waals surface area contributed by atoms with Gasteiger partial charge in [-0.1, -0.05) is 62.4 Å². The standard InChI is InChI=1S/C25H27N5O2S/c1-4-30(5-2)33(31,32)20-15-16-24(26-17-20)28-27-18-22-21-13-9-10-14-23(21)29(3)25(22)19-11-7-6-8-12-19/h6-18H,4-5H2,1-3H3,(H,26,28)/b27-18+. The third-order valence-electron chi connectivity index (χ3n) is 5.65. The molecule has 0 radical (unpaired) electrons. The third kappa shape index (κ3) is 4.40. The van der Waals surface area contributed by atoms with E-state index < -0.39 is 10.0 Å². The number of hydrogen-bond donors (Lipinski definition) is 1. The SMILES string of the molecule is CCN(CC)S(=O)(=O)c1ccc(N/N=C/c2c(-c3ccccc3)n(C)c3ccccc23)nc1. The van der Waals surface area contributed by atoms with Gasteiger partial charge in [0.1, 0.15) is 10.7 Å². The molecular formula is C25H27N5O2S. The van der Waals surface area contributed by atoms with Crippen molar-refractivity contribution in [2.24, 2.45) is 12.1 Å². The molecule has 0 amide bonds. The molecule has 0 aliphatic heterocycles. The summed E-state index contributed by atoms with van der Waals surface area (Å²) in [7, 11) is -1.49. The van der Waals surface area contributed by atoms with E-state index in [4.69, 9.17) is 0 Å². The van der Waals surface area contributed by atoms with Crippen LogP contribution in [0.4, 0.5) is 5.82 Å². The first-order valence-electron chi connectivity index (χ1n) is 10.9. The molecule has 33 heavy (non-hydrogen) atoms. The summed E-state index contributed by atoms with van der Waals surface area (Å²) in [6, 6.07) is 21.6. The Bertz CT molecular complexity index is 1370. The quantitative estimate of drug-likeness (QED) is 0.304. The van der Waals surface area contributed by atoms with Crippen LogP contribution in [0.3, 0.4) is 0 Å². The summed E-state index contributed by atoms with van der Waals surface area (Å²) in [4.78, 5) is 4.41. The van der Waals surface area contributed by atoms with Gasteiger partial charge in [0.15, 0.2) is 0 Å². The fourth-order valence-electron chi connectivity index (χ4n) is 3.97. The first-order chi connectivity index (χ1) is 16.0. The van der Waals surface area contributed by atoms with Crippen molar-refractivity contribution in [3.8, 4) is 11.3 Å². The molecule has 0 bridgehead atoms. The Hall–Kier alpha value is -3.49. The van der Waals surface area contributed by atoms with E-state index in [0.717, 1.165) is 27.7 Å². The lowest BCUT2D eigenvalue weighted by molar-refractivity contribution is 0.445. The summed E-state index contributed by atoms with van der Waals surface area (Å²) in [6.07, 6.45) is 3.14. The van der Waals surface area contributed by atoms with E-state index in [-0.39, 0.29) is 4.90 Å². The summed E-state index contributed by atoms with van der Waals surface area (Å²) in [5.41, 5.74) is 7.19. The average Bonchev–Trinajstić information content (AvgIpc) is 3.12. The summed E-state index contributed by atoms with van der Waals surface area (Å²) in [5.74, 6) is 0.464. The van der Waals surface area contributed by atoms with Crippen LogP contribution in [0.1, 0.15) is 19.4 Å². The van der Waals surface area contributed by atoms with E-state index in [1.807, 2.05) is 51.2 Å². The van der Waals surface area contributed by atoms with Crippen molar-refractivity contribution in [2.75, 3.05) is 18.5 Å². The highest BCUT2D eigenvalue weighted by atomic mass is 32.2. The highest BCUT2D eigenvalue weighted by Gasteiger charge is 2.21. The van der Waals surface area contributed by atoms with Crippen molar-refractivity contribution in [2.45, 2.75) is 18.7 Å². The van der Waals surface area contributed by atoms with Crippen LogP contribution < -0.4 is 5.43 Å². The number of sulfonamides is 1. The predicted octanol–water partition coefficient (Wildman–Crippen LogP) is 4.72. The van der Waals surface area contributed by atoms with Crippen LogP contribution in [0.5, 0.6) is 0 Å². The number of benzene rings is 2. The molecule has 170 valence electrons. The van der Waals surface area contributed by atoms with E-state index in [0.29, 0.717) is 18.9 Å². The maximum atomic E-state index is 12.6. The van der Waals surface area contributed by atoms with Gasteiger partial charge in [-0.15, -0.1) is 0 Å². The first-order valence-corrected chi connectivity index (χ1v) is 12.3. The van der Waals surface area contributed by atoms with Gasteiger partial charge in [-0.05, 0) is 23.8 Å². The van der Waals surface area contributed by atoms with Crippen molar-refractivity contribution in [3.63, 3.8) is 0 Å². The molecule has 0 saturated carbocycles. The van der Waals surface area contributed by atoms with Crippen molar-refractivity contribution in [1.29, 1.82) is 0 Å². The van der Waals surface area contributed by atoms with Crippen molar-refractivity contribution >= 4 is 33.0 Å². The summed E-state index contributed by atoms with van der Waals surface area (Å²) < 4.78 is 28.8. The number of rotatable bonds is 8. The van der Waals surface area contributed by atoms with Gasteiger partial charge in [0.25, 0.3) is 0 Å². The molecule has 0 aliphatic rings. The number of pyridine rings is 1. The van der Waals surface area contributed by atoms with Gasteiger partial charge >= 0.3 is 0 Å². The van der Waals surface area contributed by atoms with E-state index in [9.17, 15) is 8.42 Å². The molecule has 4 rings (SSSR count). The number of hydrogen-bond acceptors (Lipinski definition) is 5. The Morgan fingerprint density at radius 3 is 2.36 bits per heavy atom. The van der Waals surface area contributed by atoms with Gasteiger partial charge in [-0.25, -0.2) is 13.4 Å². The van der Waals surface area contributed by atoms with Crippen molar-refractivity contribution in [3.05, 3.63) is 78.5 Å². The molecule has 8 heteroatoms. The molecule has 7 nitrogen and oxygen atoms in total. The Morgan fingerprint density at radius 2 is 1.70 bits per heavy atom. The smallest absolute Gasteiger partial charge is 0.244 e. The minimum absolute atomic E-state index is 0.168. The minimum atomic E-state index is -3.54. The maximum Gasteiger partial charge on any atom is 0.244 e. The van der Waals surface area contributed by atoms with E-state index in [2.05, 4.69) is 44.3 Å². The molecule has 4 aromatic rings. The lowest BCUT2D eigenvalue weighted by Crippen LogP contribution is -2.30. The number of aryl methyl sites for hydroxylation is 1. The molecular weight excluding hydrogens is 434 g/mol. The summed E-state index contributed by atoms with van der Waals surface area (Å²) in [6.45, 7) is 4.46. The molecule has 0 saturated heterocycles. The van der Waals surface area contributed by atoms with Crippen LogP contribution in [0, 0.1) is 0 Å². The Kier molecular flexibility index (Phi) is 6.57. The minimum Gasteiger partial charge on any atom is -0.343 e. The number of anilines is 1.